The quantitative estimate of drug-likeness (QED) is 0.605. The van der Waals surface area contributed by atoms with Crippen molar-refractivity contribution in [2.45, 2.75) is 12.8 Å². The number of aromatic nitrogens is 1. The highest BCUT2D eigenvalue weighted by Crippen LogP contribution is 2.33. The molecule has 0 bridgehead atoms. The predicted octanol–water partition coefficient (Wildman–Crippen LogP) is 4.85. The van der Waals surface area contributed by atoms with Crippen molar-refractivity contribution < 1.29 is 14.0 Å². The predicted molar refractivity (Wildman–Crippen MR) is 107 cm³/mol. The zero-order valence-corrected chi connectivity index (χ0v) is 16.3. The maximum absolute atomic E-state index is 13.6. The average Bonchev–Trinajstić information content (AvgIpc) is 3.04. The number of carbonyl (C=O) groups is 2. The number of hydrogen-bond acceptors (Lipinski definition) is 4. The van der Waals surface area contributed by atoms with E-state index in [0.717, 1.165) is 11.3 Å². The Bertz CT molecular complexity index is 1070. The van der Waals surface area contributed by atoms with E-state index in [1.54, 1.807) is 24.3 Å². The summed E-state index contributed by atoms with van der Waals surface area (Å²) in [6.45, 7) is 0. The minimum atomic E-state index is -0.389. The third kappa shape index (κ3) is 3.77. The van der Waals surface area contributed by atoms with E-state index in [0.29, 0.717) is 38.6 Å². The van der Waals surface area contributed by atoms with Gasteiger partial charge in [-0.15, -0.1) is 11.3 Å². The molecule has 5 nitrogen and oxygen atoms in total. The van der Waals surface area contributed by atoms with E-state index in [9.17, 15) is 14.0 Å². The molecule has 1 aliphatic rings. The van der Waals surface area contributed by atoms with Gasteiger partial charge in [0.2, 0.25) is 5.91 Å². The van der Waals surface area contributed by atoms with Crippen LogP contribution in [0.5, 0.6) is 0 Å². The van der Waals surface area contributed by atoms with E-state index in [2.05, 4.69) is 31.5 Å². The summed E-state index contributed by atoms with van der Waals surface area (Å²) in [6.07, 6.45) is 1.06. The van der Waals surface area contributed by atoms with Gasteiger partial charge in [-0.1, -0.05) is 12.1 Å². The molecule has 4 rings (SSSR count). The van der Waals surface area contributed by atoms with Gasteiger partial charge >= 0.3 is 0 Å². The molecule has 2 amide bonds. The molecule has 0 radical (unpaired) electrons. The molecule has 27 heavy (non-hydrogen) atoms. The molecule has 136 valence electrons. The van der Waals surface area contributed by atoms with Crippen molar-refractivity contribution in [3.8, 4) is 11.3 Å². The lowest BCUT2D eigenvalue weighted by molar-refractivity contribution is -0.116. The van der Waals surface area contributed by atoms with Crippen LogP contribution in [0.3, 0.4) is 0 Å². The molecule has 0 aliphatic carbocycles. The molecule has 0 fully saturated rings. The fourth-order valence-electron chi connectivity index (χ4n) is 2.93. The van der Waals surface area contributed by atoms with Gasteiger partial charge in [-0.2, -0.15) is 0 Å². The fourth-order valence-corrected chi connectivity index (χ4v) is 4.30. The number of halogens is 2. The number of nitrogens with zero attached hydrogens (tertiary/aromatic N) is 1. The number of nitrogens with one attached hydrogen (secondary N) is 2. The highest BCUT2D eigenvalue weighted by molar-refractivity contribution is 9.11. The van der Waals surface area contributed by atoms with Gasteiger partial charge in [-0.25, -0.2) is 9.37 Å². The number of rotatable bonds is 3. The Kier molecular flexibility index (Phi) is 4.75. The van der Waals surface area contributed by atoms with E-state index >= 15 is 0 Å². The van der Waals surface area contributed by atoms with E-state index in [1.165, 1.54) is 23.5 Å². The first-order valence-electron chi connectivity index (χ1n) is 8.16. The molecule has 1 aliphatic heterocycles. The maximum Gasteiger partial charge on any atom is 0.268 e. The summed E-state index contributed by atoms with van der Waals surface area (Å²) in [7, 11) is 0. The van der Waals surface area contributed by atoms with Gasteiger partial charge in [-0.05, 0) is 58.2 Å². The fraction of sp³-hybridized carbons (Fsp3) is 0.105. The first-order valence-corrected chi connectivity index (χ1v) is 9.77. The van der Waals surface area contributed by atoms with E-state index in [-0.39, 0.29) is 17.6 Å². The minimum absolute atomic E-state index is 0.00599. The molecular weight excluding hydrogens is 433 g/mol. The lowest BCUT2D eigenvalue weighted by atomic mass is 10.0. The van der Waals surface area contributed by atoms with Crippen molar-refractivity contribution in [1.29, 1.82) is 0 Å². The second kappa shape index (κ2) is 7.21. The number of thiazole rings is 1. The number of fused-ring (bicyclic) bond motifs is 1. The van der Waals surface area contributed by atoms with Gasteiger partial charge < -0.3 is 10.6 Å². The summed E-state index contributed by atoms with van der Waals surface area (Å²) in [4.78, 5) is 29.0. The van der Waals surface area contributed by atoms with Gasteiger partial charge in [0.25, 0.3) is 5.91 Å². The number of hydrogen-bond donors (Lipinski definition) is 2. The van der Waals surface area contributed by atoms with Crippen LogP contribution in [-0.4, -0.2) is 16.8 Å². The molecule has 3 aromatic rings. The molecule has 2 N–H and O–H groups in total. The summed E-state index contributed by atoms with van der Waals surface area (Å²) in [6, 6.07) is 11.3. The summed E-state index contributed by atoms with van der Waals surface area (Å²) in [5.74, 6) is -0.717. The first kappa shape index (κ1) is 17.8. The Morgan fingerprint density at radius 3 is 2.89 bits per heavy atom. The molecular formula is C19H13BrFN3O2S. The van der Waals surface area contributed by atoms with Crippen LogP contribution < -0.4 is 10.6 Å². The normalized spacial score (nSPS) is 13.0. The lowest BCUT2D eigenvalue weighted by Crippen LogP contribution is -2.19. The summed E-state index contributed by atoms with van der Waals surface area (Å²) < 4.78 is 14.1. The van der Waals surface area contributed by atoms with Crippen molar-refractivity contribution >= 4 is 50.5 Å². The molecule has 1 aromatic heterocycles. The molecule has 2 heterocycles. The number of benzene rings is 2. The first-order chi connectivity index (χ1) is 13.0. The van der Waals surface area contributed by atoms with Crippen LogP contribution in [-0.2, 0) is 11.2 Å². The largest absolute Gasteiger partial charge is 0.326 e. The second-order valence-corrected chi connectivity index (χ2v) is 8.30. The second-order valence-electron chi connectivity index (χ2n) is 6.03. The topological polar surface area (TPSA) is 71.1 Å². The van der Waals surface area contributed by atoms with Crippen molar-refractivity contribution in [3.05, 3.63) is 62.6 Å². The average molecular weight is 446 g/mol. The monoisotopic (exact) mass is 445 g/mol. The van der Waals surface area contributed by atoms with Crippen LogP contribution in [0.15, 0.2) is 46.4 Å². The van der Waals surface area contributed by atoms with Crippen molar-refractivity contribution in [3.63, 3.8) is 0 Å². The van der Waals surface area contributed by atoms with E-state index in [4.69, 9.17) is 0 Å². The van der Waals surface area contributed by atoms with Crippen LogP contribution in [0.4, 0.5) is 15.8 Å². The van der Waals surface area contributed by atoms with Crippen LogP contribution in [0.25, 0.3) is 11.3 Å². The number of aryl methyl sites for hydroxylation is 1. The van der Waals surface area contributed by atoms with Crippen LogP contribution in [0.2, 0.25) is 0 Å². The minimum Gasteiger partial charge on any atom is -0.326 e. The summed E-state index contributed by atoms with van der Waals surface area (Å²) in [5.41, 5.74) is 3.34. The van der Waals surface area contributed by atoms with Gasteiger partial charge in [0.15, 0.2) is 3.92 Å². The van der Waals surface area contributed by atoms with Crippen molar-refractivity contribution in [1.82, 2.24) is 4.98 Å². The van der Waals surface area contributed by atoms with Crippen molar-refractivity contribution in [2.24, 2.45) is 0 Å². The Morgan fingerprint density at radius 1 is 1.22 bits per heavy atom. The van der Waals surface area contributed by atoms with Crippen LogP contribution >= 0.6 is 27.3 Å². The van der Waals surface area contributed by atoms with Gasteiger partial charge in [0.05, 0.1) is 5.69 Å². The smallest absolute Gasteiger partial charge is 0.268 e. The van der Waals surface area contributed by atoms with E-state index < -0.39 is 0 Å². The summed E-state index contributed by atoms with van der Waals surface area (Å²) >= 11 is 4.49. The molecule has 8 heteroatoms. The molecule has 0 atom stereocenters. The Labute approximate surface area is 166 Å². The molecule has 0 saturated carbocycles. The van der Waals surface area contributed by atoms with E-state index in [1.807, 2.05) is 6.07 Å². The Hall–Kier alpha value is -2.58. The summed E-state index contributed by atoms with van der Waals surface area (Å²) in [5, 5.41) is 5.67. The molecule has 0 spiro atoms. The SMILES string of the molecule is O=C1CCc2cc(NC(=O)c3sc(Br)nc3-c3cccc(F)c3)ccc2N1. The number of amides is 2. The molecule has 0 saturated heterocycles. The van der Waals surface area contributed by atoms with Crippen LogP contribution in [0.1, 0.15) is 21.7 Å². The third-order valence-corrected chi connectivity index (χ3v) is 5.67. The Balaban J connectivity index is 1.62. The maximum atomic E-state index is 13.6. The zero-order valence-electron chi connectivity index (χ0n) is 13.9. The lowest BCUT2D eigenvalue weighted by Gasteiger charge is -2.17. The standard InChI is InChI=1S/C19H13BrFN3O2S/c20-19-24-16(11-2-1-3-12(21)8-11)17(27-19)18(26)22-13-5-6-14-10(9-13)4-7-15(25)23-14/h1-3,5-6,8-9H,4,7H2,(H,22,26)(H,23,25). The molecule has 2 aromatic carbocycles. The zero-order chi connectivity index (χ0) is 19.0. The van der Waals surface area contributed by atoms with Crippen LogP contribution in [0, 0.1) is 5.82 Å². The Morgan fingerprint density at radius 2 is 2.07 bits per heavy atom. The number of anilines is 2. The van der Waals surface area contributed by atoms with Crippen molar-refractivity contribution in [2.75, 3.05) is 10.6 Å². The number of carbonyl (C=O) groups excluding carboxylic acids is 2. The highest BCUT2D eigenvalue weighted by Gasteiger charge is 2.20. The van der Waals surface area contributed by atoms with Gasteiger partial charge in [-0.3, -0.25) is 9.59 Å². The third-order valence-electron chi connectivity index (χ3n) is 4.16. The molecule has 0 unspecified atom stereocenters. The van der Waals surface area contributed by atoms with Gasteiger partial charge in [0, 0.05) is 23.4 Å². The highest BCUT2D eigenvalue weighted by atomic mass is 79.9. The van der Waals surface area contributed by atoms with Gasteiger partial charge in [0.1, 0.15) is 10.7 Å².